The molecule has 3 N–H and O–H groups in total. The van der Waals surface area contributed by atoms with Gasteiger partial charge >= 0.3 is 35.8 Å². The molecule has 12 heteroatoms. The molecule has 10 unspecified atom stereocenters. The Morgan fingerprint density at radius 1 is 0.711 bits per heavy atom. The molecule has 0 aromatic carbocycles. The molecule has 45 heavy (non-hydrogen) atoms. The lowest BCUT2D eigenvalue weighted by molar-refractivity contribution is -0.160. The molecule has 0 aromatic heterocycles. The summed E-state index contributed by atoms with van der Waals surface area (Å²) in [5.41, 5.74) is 0. The Kier molecular flexibility index (Phi) is 27.5. The fourth-order valence-electron chi connectivity index (χ4n) is 5.61. The van der Waals surface area contributed by atoms with Gasteiger partial charge in [0.25, 0.3) is 0 Å². The molecule has 0 aromatic rings. The van der Waals surface area contributed by atoms with E-state index >= 15 is 0 Å². The summed E-state index contributed by atoms with van der Waals surface area (Å²) in [5.74, 6) is -5.44. The molecule has 0 saturated heterocycles. The van der Waals surface area contributed by atoms with E-state index in [-0.39, 0.29) is 53.9 Å². The summed E-state index contributed by atoms with van der Waals surface area (Å²) in [4.78, 5) is 65.8. The third-order valence-corrected chi connectivity index (χ3v) is 8.88. The Bertz CT molecular complexity index is 917. The molecule has 2 aliphatic carbocycles. The molecule has 268 valence electrons. The maximum atomic E-state index is 11.7. The van der Waals surface area contributed by atoms with Gasteiger partial charge in [0, 0.05) is 0 Å². The van der Waals surface area contributed by atoms with Gasteiger partial charge in [-0.2, -0.15) is 0 Å². The van der Waals surface area contributed by atoms with Crippen LogP contribution in [0.4, 0.5) is 0 Å². The Balaban J connectivity index is -0.000000173. The van der Waals surface area contributed by atoms with Crippen molar-refractivity contribution in [1.29, 1.82) is 0 Å². The SMILES string of the molecule is C.C.C.C.CCC(C)CC(CC(=O)OC)C(=O)O.COC(=O)C(C)C(C)C(=O)O.COC(=O)C1C2CC(C(C)C2C)C1C(=O)O. The number of ether oxygens (including phenoxy) is 3. The lowest BCUT2D eigenvalue weighted by atomic mass is 9.69. The van der Waals surface area contributed by atoms with E-state index in [1.807, 2.05) is 13.8 Å². The number of carbonyl (C=O) groups is 6. The van der Waals surface area contributed by atoms with Crippen molar-refractivity contribution in [3.8, 4) is 0 Å². The van der Waals surface area contributed by atoms with Crippen LogP contribution in [-0.2, 0) is 43.0 Å². The van der Waals surface area contributed by atoms with Crippen LogP contribution in [0.3, 0.4) is 0 Å². The number of carboxylic acid groups (broad SMARTS) is 3. The van der Waals surface area contributed by atoms with Crippen molar-refractivity contribution in [2.75, 3.05) is 21.3 Å². The van der Waals surface area contributed by atoms with E-state index in [2.05, 4.69) is 23.3 Å². The van der Waals surface area contributed by atoms with Crippen LogP contribution in [0.1, 0.15) is 96.9 Å². The first-order valence-corrected chi connectivity index (χ1v) is 13.9. The Morgan fingerprint density at radius 3 is 1.51 bits per heavy atom. The molecule has 10 atom stereocenters. The van der Waals surface area contributed by atoms with Gasteiger partial charge in [0.05, 0.1) is 57.3 Å². The minimum absolute atomic E-state index is 0. The van der Waals surface area contributed by atoms with Crippen molar-refractivity contribution in [1.82, 2.24) is 0 Å². The third-order valence-electron chi connectivity index (χ3n) is 8.88. The minimum Gasteiger partial charge on any atom is -0.481 e. The zero-order chi connectivity index (χ0) is 32.2. The highest BCUT2D eigenvalue weighted by Gasteiger charge is 2.60. The number of rotatable bonds is 11. The molecule has 2 saturated carbocycles. The fourth-order valence-corrected chi connectivity index (χ4v) is 5.61. The van der Waals surface area contributed by atoms with E-state index in [9.17, 15) is 33.9 Å². The zero-order valence-corrected chi connectivity index (χ0v) is 25.6. The lowest BCUT2D eigenvalue weighted by Crippen LogP contribution is -2.41. The van der Waals surface area contributed by atoms with Crippen molar-refractivity contribution in [3.05, 3.63) is 0 Å². The van der Waals surface area contributed by atoms with Crippen LogP contribution in [0.25, 0.3) is 0 Å². The van der Waals surface area contributed by atoms with E-state index in [1.165, 1.54) is 35.2 Å². The highest BCUT2D eigenvalue weighted by Crippen LogP contribution is 2.58. The van der Waals surface area contributed by atoms with Gasteiger partial charge in [0.2, 0.25) is 0 Å². The molecular formula is C33H64O12. The molecule has 0 aliphatic heterocycles. The van der Waals surface area contributed by atoms with Crippen LogP contribution < -0.4 is 0 Å². The average Bonchev–Trinajstić information content (AvgIpc) is 3.47. The maximum Gasteiger partial charge on any atom is 0.309 e. The van der Waals surface area contributed by atoms with Gasteiger partial charge in [-0.3, -0.25) is 28.8 Å². The second kappa shape index (κ2) is 24.1. The minimum atomic E-state index is -0.983. The maximum absolute atomic E-state index is 11.7. The summed E-state index contributed by atoms with van der Waals surface area (Å²) < 4.78 is 13.6. The lowest BCUT2D eigenvalue weighted by Gasteiger charge is -2.34. The van der Waals surface area contributed by atoms with Gasteiger partial charge in [-0.15, -0.1) is 0 Å². The first kappa shape index (κ1) is 51.4. The Hall–Kier alpha value is -3.18. The second-order valence-corrected chi connectivity index (χ2v) is 11.2. The van der Waals surface area contributed by atoms with Gasteiger partial charge < -0.3 is 29.5 Å². The van der Waals surface area contributed by atoms with Crippen LogP contribution in [0.5, 0.6) is 0 Å². The number of methoxy groups -OCH3 is 3. The topological polar surface area (TPSA) is 191 Å². The number of hydrogen-bond acceptors (Lipinski definition) is 9. The molecule has 0 amide bonds. The summed E-state index contributed by atoms with van der Waals surface area (Å²) in [5, 5.41) is 26.6. The van der Waals surface area contributed by atoms with E-state index in [0.717, 1.165) is 12.8 Å². The summed E-state index contributed by atoms with van der Waals surface area (Å²) >= 11 is 0. The molecule has 2 bridgehead atoms. The zero-order valence-electron chi connectivity index (χ0n) is 25.6. The van der Waals surface area contributed by atoms with Gasteiger partial charge in [0.1, 0.15) is 0 Å². The van der Waals surface area contributed by atoms with Crippen molar-refractivity contribution >= 4 is 35.8 Å². The van der Waals surface area contributed by atoms with Crippen molar-refractivity contribution in [2.45, 2.75) is 96.9 Å². The van der Waals surface area contributed by atoms with Crippen molar-refractivity contribution < 1.29 is 58.3 Å². The fraction of sp³-hybridized carbons (Fsp3) is 0.818. The number of fused-ring (bicyclic) bond motifs is 2. The van der Waals surface area contributed by atoms with Gasteiger partial charge in [-0.05, 0) is 42.4 Å². The van der Waals surface area contributed by atoms with Gasteiger partial charge in [-0.1, -0.05) is 77.7 Å². The Labute approximate surface area is 271 Å². The van der Waals surface area contributed by atoms with Gasteiger partial charge in [0.15, 0.2) is 0 Å². The van der Waals surface area contributed by atoms with Gasteiger partial charge in [-0.25, -0.2) is 0 Å². The smallest absolute Gasteiger partial charge is 0.309 e. The van der Waals surface area contributed by atoms with Crippen LogP contribution in [0.2, 0.25) is 0 Å². The van der Waals surface area contributed by atoms with E-state index < -0.39 is 59.4 Å². The number of aliphatic carboxylic acids is 3. The predicted molar refractivity (Wildman–Crippen MR) is 173 cm³/mol. The van der Waals surface area contributed by atoms with Crippen molar-refractivity contribution in [3.63, 3.8) is 0 Å². The van der Waals surface area contributed by atoms with Crippen LogP contribution in [-0.4, -0.2) is 72.5 Å². The average molecular weight is 653 g/mol. The molecule has 0 spiro atoms. The largest absolute Gasteiger partial charge is 0.481 e. The van der Waals surface area contributed by atoms with Crippen molar-refractivity contribution in [2.24, 2.45) is 59.2 Å². The molecule has 0 radical (unpaired) electrons. The van der Waals surface area contributed by atoms with E-state index in [0.29, 0.717) is 24.2 Å². The number of esters is 3. The molecule has 2 fully saturated rings. The molecule has 2 aliphatic rings. The highest BCUT2D eigenvalue weighted by molar-refractivity contribution is 5.83. The van der Waals surface area contributed by atoms with Crippen LogP contribution >= 0.6 is 0 Å². The van der Waals surface area contributed by atoms with E-state index in [1.54, 1.807) is 0 Å². The number of carbonyl (C=O) groups excluding carboxylic acids is 3. The molecule has 0 heterocycles. The predicted octanol–water partition coefficient (Wildman–Crippen LogP) is 6.15. The van der Waals surface area contributed by atoms with E-state index in [4.69, 9.17) is 14.9 Å². The molecule has 12 nitrogen and oxygen atoms in total. The monoisotopic (exact) mass is 652 g/mol. The quantitative estimate of drug-likeness (QED) is 0.171. The summed E-state index contributed by atoms with van der Waals surface area (Å²) in [6, 6.07) is 0. The molecule has 2 rings (SSSR count). The summed E-state index contributed by atoms with van der Waals surface area (Å²) in [6.07, 6.45) is 2.28. The van der Waals surface area contributed by atoms with Crippen LogP contribution in [0.15, 0.2) is 0 Å². The Morgan fingerprint density at radius 2 is 1.18 bits per heavy atom. The molecular weight excluding hydrogens is 588 g/mol. The summed E-state index contributed by atoms with van der Waals surface area (Å²) in [6.45, 7) is 11.2. The highest BCUT2D eigenvalue weighted by atomic mass is 16.5. The van der Waals surface area contributed by atoms with Crippen LogP contribution in [0, 0.1) is 59.2 Å². The normalized spacial score (nSPS) is 24.5. The first-order valence-electron chi connectivity index (χ1n) is 13.9. The standard InChI is InChI=1S/C12H18O4.C10H18O4.C7H12O4.4CH4/c1-5-6(2)8-4-7(5)9(11(13)14)10(8)12(15)16-3;1-4-7(2)5-8(10(12)13)6-9(11)14-3;1-4(6(8)9)5(2)7(10)11-3;;;;/h5-10H,4H2,1-3H3,(H,13,14);7-8H,4-6H2,1-3H3,(H,12,13);4-5H,1-3H3,(H,8,9);4*1H4. The summed E-state index contributed by atoms with van der Waals surface area (Å²) in [7, 11) is 3.85. The number of hydrogen-bond donors (Lipinski definition) is 3. The third kappa shape index (κ3) is 14.6. The second-order valence-electron chi connectivity index (χ2n) is 11.2. The number of carboxylic acids is 3. The first-order chi connectivity index (χ1) is 19.0.